The molecule has 0 aromatic heterocycles. The quantitative estimate of drug-likeness (QED) is 0.716. The molecule has 1 N–H and O–H groups in total. The van der Waals surface area contributed by atoms with Crippen molar-refractivity contribution in [1.82, 2.24) is 0 Å². The first-order chi connectivity index (χ1) is 13.9. The lowest BCUT2D eigenvalue weighted by Gasteiger charge is -2.41. The number of hydrogen-bond acceptors (Lipinski definition) is 5. The van der Waals surface area contributed by atoms with Gasteiger partial charge in [0.2, 0.25) is 0 Å². The molecule has 0 unspecified atom stereocenters. The van der Waals surface area contributed by atoms with E-state index in [-0.39, 0.29) is 0 Å². The molecule has 0 amide bonds. The zero-order valence-electron chi connectivity index (χ0n) is 17.9. The SMILES string of the molecule is CCCC[C@]1(O)Cc2cc(OC)cc(OC)c2[C@]1(C(=O)OC)c1ccc(C)cc1. The van der Waals surface area contributed by atoms with Gasteiger partial charge in [0.1, 0.15) is 11.5 Å². The van der Waals surface area contributed by atoms with Crippen molar-refractivity contribution in [3.8, 4) is 11.5 Å². The lowest BCUT2D eigenvalue weighted by atomic mass is 9.64. The van der Waals surface area contributed by atoms with Crippen LogP contribution in [0.3, 0.4) is 0 Å². The Hall–Kier alpha value is -2.53. The molecule has 0 aliphatic heterocycles. The Kier molecular flexibility index (Phi) is 5.90. The van der Waals surface area contributed by atoms with E-state index in [0.717, 1.165) is 24.0 Å². The van der Waals surface area contributed by atoms with E-state index in [1.54, 1.807) is 20.3 Å². The zero-order chi connectivity index (χ0) is 21.2. The van der Waals surface area contributed by atoms with E-state index in [4.69, 9.17) is 14.2 Å². The van der Waals surface area contributed by atoms with Crippen molar-refractivity contribution >= 4 is 5.97 Å². The van der Waals surface area contributed by atoms with Gasteiger partial charge in [-0.15, -0.1) is 0 Å². The van der Waals surface area contributed by atoms with Crippen LogP contribution in [-0.2, 0) is 21.4 Å². The molecule has 0 saturated heterocycles. The normalized spacial score (nSPS) is 22.8. The van der Waals surface area contributed by atoms with Crippen LogP contribution in [0.2, 0.25) is 0 Å². The third-order valence-electron chi connectivity index (χ3n) is 6.09. The fourth-order valence-electron chi connectivity index (χ4n) is 4.69. The summed E-state index contributed by atoms with van der Waals surface area (Å²) in [5.74, 6) is 0.655. The number of methoxy groups -OCH3 is 3. The summed E-state index contributed by atoms with van der Waals surface area (Å²) < 4.78 is 16.4. The molecule has 1 aliphatic rings. The van der Waals surface area contributed by atoms with Crippen LogP contribution in [-0.4, -0.2) is 38.0 Å². The Morgan fingerprint density at radius 3 is 2.34 bits per heavy atom. The largest absolute Gasteiger partial charge is 0.497 e. The van der Waals surface area contributed by atoms with Crippen LogP contribution in [0, 0.1) is 6.92 Å². The molecule has 2 aromatic carbocycles. The molecule has 0 radical (unpaired) electrons. The van der Waals surface area contributed by atoms with E-state index in [0.29, 0.717) is 35.5 Å². The number of aliphatic hydroxyl groups is 1. The molecule has 0 heterocycles. The predicted molar refractivity (Wildman–Crippen MR) is 112 cm³/mol. The molecular formula is C24H30O5. The van der Waals surface area contributed by atoms with Gasteiger partial charge in [-0.05, 0) is 30.5 Å². The van der Waals surface area contributed by atoms with Gasteiger partial charge in [0, 0.05) is 18.1 Å². The number of aryl methyl sites for hydroxylation is 1. The van der Waals surface area contributed by atoms with Crippen LogP contribution in [0.15, 0.2) is 36.4 Å². The second-order valence-corrected chi connectivity index (χ2v) is 7.78. The average Bonchev–Trinajstić information content (AvgIpc) is 3.00. The minimum Gasteiger partial charge on any atom is -0.497 e. The van der Waals surface area contributed by atoms with E-state index < -0.39 is 17.0 Å². The summed E-state index contributed by atoms with van der Waals surface area (Å²) in [6.07, 6.45) is 2.48. The minimum absolute atomic E-state index is 0.318. The maximum absolute atomic E-state index is 13.5. The molecule has 29 heavy (non-hydrogen) atoms. The first kappa shape index (κ1) is 21.2. The van der Waals surface area contributed by atoms with Crippen LogP contribution in [0.1, 0.15) is 48.4 Å². The van der Waals surface area contributed by atoms with Crippen LogP contribution < -0.4 is 9.47 Å². The summed E-state index contributed by atoms with van der Waals surface area (Å²) in [5.41, 5.74) is 0.563. The summed E-state index contributed by atoms with van der Waals surface area (Å²) in [6.45, 7) is 4.06. The van der Waals surface area contributed by atoms with E-state index in [2.05, 4.69) is 6.92 Å². The smallest absolute Gasteiger partial charge is 0.323 e. The zero-order valence-corrected chi connectivity index (χ0v) is 17.9. The Balaban J connectivity index is 2.41. The molecule has 3 rings (SSSR count). The van der Waals surface area contributed by atoms with Crippen molar-refractivity contribution < 1.29 is 24.1 Å². The van der Waals surface area contributed by atoms with E-state index >= 15 is 0 Å². The van der Waals surface area contributed by atoms with E-state index in [9.17, 15) is 9.90 Å². The Morgan fingerprint density at radius 2 is 1.79 bits per heavy atom. The van der Waals surface area contributed by atoms with Crippen LogP contribution in [0.4, 0.5) is 0 Å². The maximum Gasteiger partial charge on any atom is 0.323 e. The number of esters is 1. The number of unbranched alkanes of at least 4 members (excludes halogenated alkanes) is 1. The molecule has 0 bridgehead atoms. The highest BCUT2D eigenvalue weighted by molar-refractivity contribution is 5.93. The Morgan fingerprint density at radius 1 is 1.10 bits per heavy atom. The first-order valence-corrected chi connectivity index (χ1v) is 10.0. The summed E-state index contributed by atoms with van der Waals surface area (Å²) in [6, 6.07) is 11.4. The average molecular weight is 398 g/mol. The van der Waals surface area contributed by atoms with Gasteiger partial charge in [-0.25, -0.2) is 0 Å². The molecule has 5 nitrogen and oxygen atoms in total. The molecule has 5 heteroatoms. The van der Waals surface area contributed by atoms with Crippen LogP contribution in [0.5, 0.6) is 11.5 Å². The lowest BCUT2D eigenvalue weighted by molar-refractivity contribution is -0.156. The second kappa shape index (κ2) is 8.07. The summed E-state index contributed by atoms with van der Waals surface area (Å²) in [5, 5.41) is 12.1. The number of rotatable bonds is 7. The number of hydrogen-bond donors (Lipinski definition) is 1. The molecule has 0 fully saturated rings. The molecule has 0 spiro atoms. The number of carbonyl (C=O) groups excluding carboxylic acids is 1. The fraction of sp³-hybridized carbons (Fsp3) is 0.458. The molecule has 2 aromatic rings. The van der Waals surface area contributed by atoms with Gasteiger partial charge in [0.05, 0.1) is 26.9 Å². The van der Waals surface area contributed by atoms with Gasteiger partial charge in [0.15, 0.2) is 5.41 Å². The third-order valence-corrected chi connectivity index (χ3v) is 6.09. The minimum atomic E-state index is -1.38. The molecule has 156 valence electrons. The summed E-state index contributed by atoms with van der Waals surface area (Å²) >= 11 is 0. The van der Waals surface area contributed by atoms with Crippen molar-refractivity contribution in [2.45, 2.75) is 50.5 Å². The molecule has 1 aliphatic carbocycles. The van der Waals surface area contributed by atoms with E-state index in [1.165, 1.54) is 7.11 Å². The first-order valence-electron chi connectivity index (χ1n) is 10.0. The monoisotopic (exact) mass is 398 g/mol. The van der Waals surface area contributed by atoms with Crippen molar-refractivity contribution in [1.29, 1.82) is 0 Å². The Labute approximate surface area is 172 Å². The van der Waals surface area contributed by atoms with Gasteiger partial charge < -0.3 is 19.3 Å². The van der Waals surface area contributed by atoms with Gasteiger partial charge >= 0.3 is 5.97 Å². The highest BCUT2D eigenvalue weighted by atomic mass is 16.5. The van der Waals surface area contributed by atoms with Crippen molar-refractivity contribution in [2.24, 2.45) is 0 Å². The number of ether oxygens (including phenoxy) is 3. The second-order valence-electron chi connectivity index (χ2n) is 7.78. The van der Waals surface area contributed by atoms with Crippen LogP contribution >= 0.6 is 0 Å². The van der Waals surface area contributed by atoms with Gasteiger partial charge in [0.25, 0.3) is 0 Å². The predicted octanol–water partition coefficient (Wildman–Crippen LogP) is 3.95. The number of benzene rings is 2. The topological polar surface area (TPSA) is 65.0 Å². The lowest BCUT2D eigenvalue weighted by Crippen LogP contribution is -2.55. The maximum atomic E-state index is 13.5. The van der Waals surface area contributed by atoms with Gasteiger partial charge in [-0.2, -0.15) is 0 Å². The molecule has 2 atom stereocenters. The third kappa shape index (κ3) is 3.18. The van der Waals surface area contributed by atoms with Crippen molar-refractivity contribution in [3.63, 3.8) is 0 Å². The van der Waals surface area contributed by atoms with Crippen molar-refractivity contribution in [3.05, 3.63) is 58.7 Å². The highest BCUT2D eigenvalue weighted by Crippen LogP contribution is 2.57. The van der Waals surface area contributed by atoms with Gasteiger partial charge in [-0.1, -0.05) is 49.6 Å². The standard InChI is InChI=1S/C24H30O5/c1-6-7-12-23(26)15-17-13-19(27-3)14-20(28-4)21(17)24(23,22(25)29-5)18-10-8-16(2)9-11-18/h8-11,13-14,26H,6-7,12,15H2,1-5H3/t23-,24-/m0/s1. The number of fused-ring (bicyclic) bond motifs is 1. The fourth-order valence-corrected chi connectivity index (χ4v) is 4.69. The van der Waals surface area contributed by atoms with Crippen LogP contribution in [0.25, 0.3) is 0 Å². The molecular weight excluding hydrogens is 368 g/mol. The van der Waals surface area contributed by atoms with Crippen molar-refractivity contribution in [2.75, 3.05) is 21.3 Å². The number of carbonyl (C=O) groups is 1. The Bertz CT molecular complexity index is 889. The highest BCUT2D eigenvalue weighted by Gasteiger charge is 2.64. The van der Waals surface area contributed by atoms with E-state index in [1.807, 2.05) is 37.3 Å². The molecule has 0 saturated carbocycles. The summed E-state index contributed by atoms with van der Waals surface area (Å²) in [7, 11) is 4.52. The van der Waals surface area contributed by atoms with Gasteiger partial charge in [-0.3, -0.25) is 4.79 Å². The summed E-state index contributed by atoms with van der Waals surface area (Å²) in [4.78, 5) is 13.5.